The van der Waals surface area contributed by atoms with E-state index in [2.05, 4.69) is 49.0 Å². The van der Waals surface area contributed by atoms with E-state index in [1.165, 1.54) is 29.7 Å². The summed E-state index contributed by atoms with van der Waals surface area (Å²) in [6.07, 6.45) is 2.41. The molecule has 1 aliphatic rings. The van der Waals surface area contributed by atoms with E-state index in [-0.39, 0.29) is 0 Å². The molecule has 0 amide bonds. The summed E-state index contributed by atoms with van der Waals surface area (Å²) < 4.78 is 2.33. The van der Waals surface area contributed by atoms with Crippen molar-refractivity contribution in [3.8, 4) is 0 Å². The van der Waals surface area contributed by atoms with Crippen molar-refractivity contribution in [3.63, 3.8) is 0 Å². The first kappa shape index (κ1) is 12.7. The van der Waals surface area contributed by atoms with Gasteiger partial charge in [0, 0.05) is 13.0 Å². The molecule has 1 aromatic heterocycles. The fourth-order valence-electron chi connectivity index (χ4n) is 3.23. The van der Waals surface area contributed by atoms with Gasteiger partial charge in [0.05, 0.1) is 11.0 Å². The Balaban J connectivity index is 2.12. The van der Waals surface area contributed by atoms with Gasteiger partial charge in [0.15, 0.2) is 0 Å². The summed E-state index contributed by atoms with van der Waals surface area (Å²) in [5, 5.41) is 3.43. The molecule has 2 aromatic rings. The summed E-state index contributed by atoms with van der Waals surface area (Å²) in [6, 6.07) is 6.52. The lowest BCUT2D eigenvalue weighted by atomic mass is 9.97. The number of hydrogen-bond acceptors (Lipinski definition) is 2. The summed E-state index contributed by atoms with van der Waals surface area (Å²) in [4.78, 5) is 4.91. The Kier molecular flexibility index (Phi) is 3.31. The van der Waals surface area contributed by atoms with Crippen molar-refractivity contribution in [2.75, 3.05) is 13.1 Å². The number of para-hydroxylation sites is 1. The maximum atomic E-state index is 4.91. The molecule has 1 fully saturated rings. The molecule has 0 bridgehead atoms. The Hall–Kier alpha value is -1.35. The SMILES string of the molecule is CC(C)c1cccc2nc(C3CCNCC3)n(C)c12. The highest BCUT2D eigenvalue weighted by Crippen LogP contribution is 2.31. The molecule has 0 saturated carbocycles. The second-order valence-corrected chi connectivity index (χ2v) is 5.92. The lowest BCUT2D eigenvalue weighted by Crippen LogP contribution is -2.27. The average molecular weight is 257 g/mol. The van der Waals surface area contributed by atoms with E-state index in [0.29, 0.717) is 11.8 Å². The van der Waals surface area contributed by atoms with E-state index < -0.39 is 0 Å². The molecule has 3 nitrogen and oxygen atoms in total. The fourth-order valence-corrected chi connectivity index (χ4v) is 3.23. The predicted molar refractivity (Wildman–Crippen MR) is 79.6 cm³/mol. The second-order valence-electron chi connectivity index (χ2n) is 5.92. The maximum Gasteiger partial charge on any atom is 0.112 e. The monoisotopic (exact) mass is 257 g/mol. The number of hydrogen-bond donors (Lipinski definition) is 1. The molecule has 1 aliphatic heterocycles. The van der Waals surface area contributed by atoms with Gasteiger partial charge in [0.25, 0.3) is 0 Å². The Morgan fingerprint density at radius 3 is 2.68 bits per heavy atom. The number of piperidine rings is 1. The first-order valence-corrected chi connectivity index (χ1v) is 7.34. The lowest BCUT2D eigenvalue weighted by molar-refractivity contribution is 0.438. The fraction of sp³-hybridized carbons (Fsp3) is 0.562. The molecule has 0 spiro atoms. The Labute approximate surface area is 115 Å². The Morgan fingerprint density at radius 2 is 2.00 bits per heavy atom. The molecule has 1 saturated heterocycles. The van der Waals surface area contributed by atoms with Crippen LogP contribution in [0.25, 0.3) is 11.0 Å². The highest BCUT2D eigenvalue weighted by Gasteiger charge is 2.22. The van der Waals surface area contributed by atoms with Gasteiger partial charge in [-0.25, -0.2) is 4.98 Å². The van der Waals surface area contributed by atoms with Crippen molar-refractivity contribution in [1.82, 2.24) is 14.9 Å². The molecule has 102 valence electrons. The van der Waals surface area contributed by atoms with Gasteiger partial charge >= 0.3 is 0 Å². The normalized spacial score (nSPS) is 17.5. The Bertz CT molecular complexity index is 577. The minimum Gasteiger partial charge on any atom is -0.331 e. The highest BCUT2D eigenvalue weighted by atomic mass is 15.1. The van der Waals surface area contributed by atoms with Crippen LogP contribution >= 0.6 is 0 Å². The van der Waals surface area contributed by atoms with Crippen LogP contribution in [-0.2, 0) is 7.05 Å². The van der Waals surface area contributed by atoms with E-state index in [0.717, 1.165) is 18.6 Å². The first-order chi connectivity index (χ1) is 9.18. The van der Waals surface area contributed by atoms with Crippen LogP contribution < -0.4 is 5.32 Å². The Morgan fingerprint density at radius 1 is 1.26 bits per heavy atom. The van der Waals surface area contributed by atoms with E-state index in [4.69, 9.17) is 4.98 Å². The molecule has 3 rings (SSSR count). The molecule has 0 atom stereocenters. The van der Waals surface area contributed by atoms with Crippen LogP contribution in [-0.4, -0.2) is 22.6 Å². The number of benzene rings is 1. The number of aromatic nitrogens is 2. The minimum atomic E-state index is 0.542. The van der Waals surface area contributed by atoms with Crippen LogP contribution in [0.15, 0.2) is 18.2 Å². The molecule has 1 N–H and O–H groups in total. The van der Waals surface area contributed by atoms with Gasteiger partial charge in [0.1, 0.15) is 5.82 Å². The van der Waals surface area contributed by atoms with E-state index in [9.17, 15) is 0 Å². The molecular formula is C16H23N3. The topological polar surface area (TPSA) is 29.9 Å². The number of fused-ring (bicyclic) bond motifs is 1. The first-order valence-electron chi connectivity index (χ1n) is 7.34. The summed E-state index contributed by atoms with van der Waals surface area (Å²) in [7, 11) is 2.18. The number of nitrogens with zero attached hydrogens (tertiary/aromatic N) is 2. The summed E-state index contributed by atoms with van der Waals surface area (Å²) in [6.45, 7) is 6.74. The van der Waals surface area contributed by atoms with Crippen LogP contribution in [0.2, 0.25) is 0 Å². The third-order valence-electron chi connectivity index (χ3n) is 4.29. The van der Waals surface area contributed by atoms with Crippen molar-refractivity contribution >= 4 is 11.0 Å². The van der Waals surface area contributed by atoms with E-state index in [1.807, 2.05) is 0 Å². The van der Waals surface area contributed by atoms with Gasteiger partial charge in [0.2, 0.25) is 0 Å². The van der Waals surface area contributed by atoms with Crippen LogP contribution in [0.5, 0.6) is 0 Å². The van der Waals surface area contributed by atoms with Crippen LogP contribution in [0.1, 0.15) is 49.9 Å². The zero-order chi connectivity index (χ0) is 13.4. The molecule has 19 heavy (non-hydrogen) atoms. The van der Waals surface area contributed by atoms with Crippen LogP contribution in [0, 0.1) is 0 Å². The van der Waals surface area contributed by atoms with Crippen molar-refractivity contribution in [3.05, 3.63) is 29.6 Å². The van der Waals surface area contributed by atoms with Crippen molar-refractivity contribution in [2.45, 2.75) is 38.5 Å². The summed E-state index contributed by atoms with van der Waals surface area (Å²) >= 11 is 0. The van der Waals surface area contributed by atoms with Gasteiger partial charge in [-0.05, 0) is 43.5 Å². The number of nitrogens with one attached hydrogen (secondary N) is 1. The molecule has 1 aromatic carbocycles. The minimum absolute atomic E-state index is 0.542. The smallest absolute Gasteiger partial charge is 0.112 e. The van der Waals surface area contributed by atoms with Gasteiger partial charge in [-0.3, -0.25) is 0 Å². The number of rotatable bonds is 2. The predicted octanol–water partition coefficient (Wildman–Crippen LogP) is 3.16. The lowest BCUT2D eigenvalue weighted by Gasteiger charge is -2.22. The van der Waals surface area contributed by atoms with Crippen molar-refractivity contribution < 1.29 is 0 Å². The summed E-state index contributed by atoms with van der Waals surface area (Å²) in [5.41, 5.74) is 3.89. The van der Waals surface area contributed by atoms with Gasteiger partial charge in [-0.2, -0.15) is 0 Å². The van der Waals surface area contributed by atoms with Crippen molar-refractivity contribution in [1.29, 1.82) is 0 Å². The van der Waals surface area contributed by atoms with E-state index in [1.54, 1.807) is 0 Å². The highest BCUT2D eigenvalue weighted by molar-refractivity contribution is 5.80. The van der Waals surface area contributed by atoms with Gasteiger partial charge in [-0.1, -0.05) is 26.0 Å². The number of imidazole rings is 1. The summed E-state index contributed by atoms with van der Waals surface area (Å²) in [5.74, 6) is 2.42. The molecule has 2 heterocycles. The number of aryl methyl sites for hydroxylation is 1. The largest absolute Gasteiger partial charge is 0.331 e. The van der Waals surface area contributed by atoms with Crippen molar-refractivity contribution in [2.24, 2.45) is 7.05 Å². The zero-order valence-corrected chi connectivity index (χ0v) is 12.1. The molecule has 0 unspecified atom stereocenters. The van der Waals surface area contributed by atoms with E-state index >= 15 is 0 Å². The standard InChI is InChI=1S/C16H23N3/c1-11(2)13-5-4-6-14-15(13)19(3)16(18-14)12-7-9-17-10-8-12/h4-6,11-12,17H,7-10H2,1-3H3. The third-order valence-corrected chi connectivity index (χ3v) is 4.29. The second kappa shape index (κ2) is 4.97. The zero-order valence-electron chi connectivity index (χ0n) is 12.1. The maximum absolute atomic E-state index is 4.91. The van der Waals surface area contributed by atoms with Crippen LogP contribution in [0.3, 0.4) is 0 Å². The molecule has 3 heteroatoms. The molecule has 0 aliphatic carbocycles. The third kappa shape index (κ3) is 2.16. The van der Waals surface area contributed by atoms with Gasteiger partial charge < -0.3 is 9.88 Å². The average Bonchev–Trinajstić information content (AvgIpc) is 2.77. The quantitative estimate of drug-likeness (QED) is 0.895. The van der Waals surface area contributed by atoms with Crippen LogP contribution in [0.4, 0.5) is 0 Å². The molecular weight excluding hydrogens is 234 g/mol. The molecule has 0 radical (unpaired) electrons. The van der Waals surface area contributed by atoms with Gasteiger partial charge in [-0.15, -0.1) is 0 Å².